The van der Waals surface area contributed by atoms with E-state index < -0.39 is 5.41 Å². The van der Waals surface area contributed by atoms with E-state index in [1.807, 2.05) is 24.3 Å². The molecule has 2 aliphatic rings. The third-order valence-corrected chi connectivity index (χ3v) is 5.85. The number of rotatable bonds is 5. The number of carbonyl (C=O) groups excluding carboxylic acids is 1. The van der Waals surface area contributed by atoms with Gasteiger partial charge in [-0.3, -0.25) is 4.79 Å². The highest BCUT2D eigenvalue weighted by Gasteiger charge is 2.50. The van der Waals surface area contributed by atoms with Crippen molar-refractivity contribution < 1.29 is 9.53 Å². The van der Waals surface area contributed by atoms with Gasteiger partial charge in [-0.15, -0.1) is 0 Å². The van der Waals surface area contributed by atoms with Crippen molar-refractivity contribution in [2.75, 3.05) is 36.9 Å². The Bertz CT molecular complexity index is 897. The van der Waals surface area contributed by atoms with Crippen LogP contribution in [0.5, 0.6) is 0 Å². The molecule has 2 heterocycles. The number of hydrogen-bond acceptors (Lipinski definition) is 7. The van der Waals surface area contributed by atoms with Crippen molar-refractivity contribution in [2.24, 2.45) is 5.41 Å². The zero-order valence-electron chi connectivity index (χ0n) is 14.9. The Morgan fingerprint density at radius 3 is 2.56 bits per heavy atom. The highest BCUT2D eigenvalue weighted by atomic mass is 32.2. The van der Waals surface area contributed by atoms with E-state index >= 15 is 0 Å². The molecule has 0 radical (unpaired) electrons. The minimum atomic E-state index is -0.781. The fourth-order valence-electron chi connectivity index (χ4n) is 3.15. The van der Waals surface area contributed by atoms with Crippen LogP contribution in [0.2, 0.25) is 0 Å². The summed E-state index contributed by atoms with van der Waals surface area (Å²) in [6.07, 6.45) is 1.33. The first-order chi connectivity index (χ1) is 13.1. The molecule has 0 bridgehead atoms. The number of anilines is 2. The molecular formula is C20H20N4O2S. The van der Waals surface area contributed by atoms with Gasteiger partial charge in [-0.25, -0.2) is 4.98 Å². The van der Waals surface area contributed by atoms with E-state index in [2.05, 4.69) is 16.0 Å². The molecule has 1 aromatic carbocycles. The van der Waals surface area contributed by atoms with Crippen LogP contribution in [0.25, 0.3) is 0 Å². The Hall–Kier alpha value is -2.56. The zero-order chi connectivity index (χ0) is 18.9. The molecule has 0 spiro atoms. The first kappa shape index (κ1) is 17.8. The topological polar surface area (TPSA) is 92.2 Å². The average Bonchev–Trinajstić information content (AvgIpc) is 3.50. The number of hydrogen-bond donors (Lipinski definition) is 1. The van der Waals surface area contributed by atoms with Gasteiger partial charge in [0.2, 0.25) is 0 Å². The number of nitrogens with zero attached hydrogens (tertiary/aromatic N) is 3. The van der Waals surface area contributed by atoms with Crippen molar-refractivity contribution in [3.63, 3.8) is 0 Å². The van der Waals surface area contributed by atoms with Crippen LogP contribution >= 0.6 is 11.8 Å². The van der Waals surface area contributed by atoms with Gasteiger partial charge in [0.15, 0.2) is 5.78 Å². The molecule has 1 saturated heterocycles. The van der Waals surface area contributed by atoms with Crippen molar-refractivity contribution in [2.45, 2.75) is 22.8 Å². The second-order valence-electron chi connectivity index (χ2n) is 6.84. The Kier molecular flexibility index (Phi) is 4.77. The van der Waals surface area contributed by atoms with Crippen LogP contribution in [-0.4, -0.2) is 37.1 Å². The van der Waals surface area contributed by atoms with Crippen LogP contribution in [0.4, 0.5) is 11.5 Å². The molecule has 0 amide bonds. The third kappa shape index (κ3) is 3.77. The van der Waals surface area contributed by atoms with Crippen molar-refractivity contribution in [3.05, 3.63) is 42.0 Å². The zero-order valence-corrected chi connectivity index (χ0v) is 15.7. The normalized spacial score (nSPS) is 18.0. The van der Waals surface area contributed by atoms with E-state index in [1.54, 1.807) is 12.1 Å². The van der Waals surface area contributed by atoms with Gasteiger partial charge in [-0.2, -0.15) is 5.26 Å². The molecule has 4 rings (SSSR count). The molecular weight excluding hydrogens is 360 g/mol. The van der Waals surface area contributed by atoms with E-state index in [0.717, 1.165) is 28.7 Å². The molecule has 0 atom stereocenters. The van der Waals surface area contributed by atoms with Crippen molar-refractivity contribution in [1.82, 2.24) is 4.98 Å². The Morgan fingerprint density at radius 2 is 1.93 bits per heavy atom. The Morgan fingerprint density at radius 1 is 1.22 bits per heavy atom. The van der Waals surface area contributed by atoms with Gasteiger partial charge in [0.05, 0.1) is 19.3 Å². The summed E-state index contributed by atoms with van der Waals surface area (Å²) in [5.41, 5.74) is 6.85. The summed E-state index contributed by atoms with van der Waals surface area (Å²) in [5.74, 6) is 0.413. The standard InChI is InChI=1S/C20H20N4O2S/c21-13-20(5-6-20)19(25)14-1-3-16(4-2-14)27-18-12-15(11-17(22)23-18)24-7-9-26-10-8-24/h1-4,11-12H,5-10H2,(H2,22,23). The Balaban J connectivity index is 1.50. The van der Waals surface area contributed by atoms with Crippen LogP contribution < -0.4 is 10.6 Å². The van der Waals surface area contributed by atoms with Gasteiger partial charge in [0, 0.05) is 35.3 Å². The maximum Gasteiger partial charge on any atom is 0.183 e. The molecule has 138 valence electrons. The molecule has 2 aromatic rings. The number of nitrogen functional groups attached to an aromatic ring is 1. The number of Topliss-reactive ketones (excluding diaryl/α,β-unsaturated/α-hetero) is 1. The van der Waals surface area contributed by atoms with E-state index in [0.29, 0.717) is 37.4 Å². The van der Waals surface area contributed by atoms with E-state index in [4.69, 9.17) is 10.5 Å². The fraction of sp³-hybridized carbons (Fsp3) is 0.350. The Labute approximate surface area is 162 Å². The second-order valence-corrected chi connectivity index (χ2v) is 7.93. The number of morpholine rings is 1. The van der Waals surface area contributed by atoms with Crippen LogP contribution in [0.15, 0.2) is 46.3 Å². The lowest BCUT2D eigenvalue weighted by Crippen LogP contribution is -2.36. The first-order valence-electron chi connectivity index (χ1n) is 8.94. The second kappa shape index (κ2) is 7.22. The predicted molar refractivity (Wildman–Crippen MR) is 104 cm³/mol. The van der Waals surface area contributed by atoms with E-state index in [9.17, 15) is 10.1 Å². The molecule has 1 aliphatic carbocycles. The van der Waals surface area contributed by atoms with Crippen LogP contribution in [0.1, 0.15) is 23.2 Å². The maximum atomic E-state index is 12.4. The minimum Gasteiger partial charge on any atom is -0.384 e. The van der Waals surface area contributed by atoms with Crippen molar-refractivity contribution in [3.8, 4) is 6.07 Å². The third-order valence-electron chi connectivity index (χ3n) is 4.92. The molecule has 2 N–H and O–H groups in total. The lowest BCUT2D eigenvalue weighted by Gasteiger charge is -2.29. The number of ketones is 1. The number of carbonyl (C=O) groups is 1. The maximum absolute atomic E-state index is 12.4. The SMILES string of the molecule is N#CC1(C(=O)c2ccc(Sc3cc(N4CCOCC4)cc(N)n3)cc2)CC1. The first-order valence-corrected chi connectivity index (χ1v) is 9.75. The van der Waals surface area contributed by atoms with Gasteiger partial charge in [-0.1, -0.05) is 23.9 Å². The van der Waals surface area contributed by atoms with Crippen molar-refractivity contribution >= 4 is 29.1 Å². The fourth-order valence-corrected chi connectivity index (χ4v) is 4.00. The molecule has 7 heteroatoms. The van der Waals surface area contributed by atoms with Crippen LogP contribution in [0, 0.1) is 16.7 Å². The highest BCUT2D eigenvalue weighted by Crippen LogP contribution is 2.47. The summed E-state index contributed by atoms with van der Waals surface area (Å²) < 4.78 is 5.40. The summed E-state index contributed by atoms with van der Waals surface area (Å²) in [7, 11) is 0. The summed E-state index contributed by atoms with van der Waals surface area (Å²) in [4.78, 5) is 20.0. The molecule has 1 aliphatic heterocycles. The number of nitrogens with two attached hydrogens (primary N) is 1. The van der Waals surface area contributed by atoms with Gasteiger partial charge >= 0.3 is 0 Å². The predicted octanol–water partition coefficient (Wildman–Crippen LogP) is 3.14. The smallest absolute Gasteiger partial charge is 0.183 e. The highest BCUT2D eigenvalue weighted by molar-refractivity contribution is 7.99. The minimum absolute atomic E-state index is 0.0711. The molecule has 1 saturated carbocycles. The molecule has 0 unspecified atom stereocenters. The number of nitriles is 1. The lowest BCUT2D eigenvalue weighted by molar-refractivity contribution is 0.0934. The summed E-state index contributed by atoms with van der Waals surface area (Å²) in [5, 5.41) is 10.0. The molecule has 1 aromatic heterocycles. The largest absolute Gasteiger partial charge is 0.384 e. The van der Waals surface area contributed by atoms with Gasteiger partial charge in [-0.05, 0) is 31.0 Å². The van der Waals surface area contributed by atoms with Crippen LogP contribution in [-0.2, 0) is 4.74 Å². The van der Waals surface area contributed by atoms with Gasteiger partial charge in [0.1, 0.15) is 16.3 Å². The molecule has 2 fully saturated rings. The molecule has 6 nitrogen and oxygen atoms in total. The van der Waals surface area contributed by atoms with Crippen LogP contribution in [0.3, 0.4) is 0 Å². The average molecular weight is 380 g/mol. The van der Waals surface area contributed by atoms with Gasteiger partial charge in [0.25, 0.3) is 0 Å². The number of pyridine rings is 1. The number of ether oxygens (including phenoxy) is 1. The number of benzene rings is 1. The summed E-state index contributed by atoms with van der Waals surface area (Å²) >= 11 is 1.50. The monoisotopic (exact) mass is 380 g/mol. The van der Waals surface area contributed by atoms with Crippen molar-refractivity contribution in [1.29, 1.82) is 5.26 Å². The quantitative estimate of drug-likeness (QED) is 0.797. The summed E-state index contributed by atoms with van der Waals surface area (Å²) in [6.45, 7) is 3.10. The lowest BCUT2D eigenvalue weighted by atomic mass is 9.96. The summed E-state index contributed by atoms with van der Waals surface area (Å²) in [6, 6.07) is 13.4. The van der Waals surface area contributed by atoms with E-state index in [1.165, 1.54) is 11.8 Å². The molecule has 27 heavy (non-hydrogen) atoms. The number of aromatic nitrogens is 1. The van der Waals surface area contributed by atoms with Gasteiger partial charge < -0.3 is 15.4 Å². The van der Waals surface area contributed by atoms with E-state index in [-0.39, 0.29) is 5.78 Å².